The minimum atomic E-state index is -1.17. The van der Waals surface area contributed by atoms with Crippen molar-refractivity contribution in [2.24, 2.45) is 0 Å². The van der Waals surface area contributed by atoms with Crippen LogP contribution in [-0.4, -0.2) is 21.7 Å². The Balaban J connectivity index is 2.60. The Labute approximate surface area is 93.2 Å². The van der Waals surface area contributed by atoms with Crippen molar-refractivity contribution < 1.29 is 15.0 Å². The molecule has 2 rings (SSSR count). The average Bonchev–Trinajstić information content (AvgIpc) is 2.19. The molecule has 0 spiro atoms. The minimum absolute atomic E-state index is 0.0671. The van der Waals surface area contributed by atoms with Gasteiger partial charge in [-0.15, -0.1) is 0 Å². The summed E-state index contributed by atoms with van der Waals surface area (Å²) in [5, 5.41) is 21.7. The van der Waals surface area contributed by atoms with Crippen molar-refractivity contribution in [1.29, 1.82) is 0 Å². The van der Waals surface area contributed by atoms with Crippen molar-refractivity contribution in [3.05, 3.63) is 29.8 Å². The SMILES string of the molecule is CC1=CC(C)(C(=O)O)Nc2c(O)cccc21. The third-order valence-electron chi connectivity index (χ3n) is 2.80. The van der Waals surface area contributed by atoms with Gasteiger partial charge in [-0.2, -0.15) is 0 Å². The summed E-state index contributed by atoms with van der Waals surface area (Å²) >= 11 is 0. The first kappa shape index (κ1) is 10.5. The van der Waals surface area contributed by atoms with E-state index >= 15 is 0 Å². The maximum absolute atomic E-state index is 11.2. The number of fused-ring (bicyclic) bond motifs is 1. The van der Waals surface area contributed by atoms with E-state index in [1.54, 1.807) is 19.1 Å². The fourth-order valence-electron chi connectivity index (χ4n) is 1.92. The molecule has 0 saturated carbocycles. The number of hydrogen-bond acceptors (Lipinski definition) is 3. The molecule has 0 radical (unpaired) electrons. The van der Waals surface area contributed by atoms with E-state index in [0.29, 0.717) is 5.69 Å². The van der Waals surface area contributed by atoms with Gasteiger partial charge in [0.15, 0.2) is 5.54 Å². The largest absolute Gasteiger partial charge is 0.506 e. The fourth-order valence-corrected chi connectivity index (χ4v) is 1.92. The van der Waals surface area contributed by atoms with Gasteiger partial charge in [-0.25, -0.2) is 4.79 Å². The molecule has 0 aliphatic carbocycles. The van der Waals surface area contributed by atoms with Crippen molar-refractivity contribution in [2.45, 2.75) is 19.4 Å². The van der Waals surface area contributed by atoms with Gasteiger partial charge in [0.25, 0.3) is 0 Å². The van der Waals surface area contributed by atoms with Crippen LogP contribution < -0.4 is 5.32 Å². The molecular weight excluding hydrogens is 206 g/mol. The standard InChI is InChI=1S/C12H13NO3/c1-7-6-12(2,11(15)16)13-10-8(7)4-3-5-9(10)14/h3-6,13-14H,1-2H3,(H,15,16). The zero-order valence-corrected chi connectivity index (χ0v) is 9.11. The van der Waals surface area contributed by atoms with Crippen LogP contribution in [0.25, 0.3) is 5.57 Å². The Morgan fingerprint density at radius 1 is 1.44 bits per heavy atom. The van der Waals surface area contributed by atoms with Gasteiger partial charge in [-0.05, 0) is 31.6 Å². The van der Waals surface area contributed by atoms with E-state index in [1.807, 2.05) is 13.0 Å². The lowest BCUT2D eigenvalue weighted by Gasteiger charge is -2.31. The number of nitrogens with one attached hydrogen (secondary N) is 1. The summed E-state index contributed by atoms with van der Waals surface area (Å²) in [5.74, 6) is -0.904. The Hall–Kier alpha value is -1.97. The van der Waals surface area contributed by atoms with Crippen LogP contribution in [0.5, 0.6) is 5.75 Å². The van der Waals surface area contributed by atoms with Gasteiger partial charge in [-0.1, -0.05) is 12.1 Å². The number of phenolic OH excluding ortho intramolecular Hbond substituents is 1. The van der Waals surface area contributed by atoms with Gasteiger partial charge in [0.1, 0.15) is 5.75 Å². The lowest BCUT2D eigenvalue weighted by atomic mass is 9.90. The van der Waals surface area contributed by atoms with Crippen LogP contribution in [0.4, 0.5) is 5.69 Å². The van der Waals surface area contributed by atoms with Crippen LogP contribution >= 0.6 is 0 Å². The molecule has 0 fully saturated rings. The van der Waals surface area contributed by atoms with E-state index in [-0.39, 0.29) is 5.75 Å². The Morgan fingerprint density at radius 2 is 2.12 bits per heavy atom. The molecule has 1 aromatic rings. The summed E-state index contributed by atoms with van der Waals surface area (Å²) in [6.07, 6.45) is 1.65. The number of para-hydroxylation sites is 1. The molecule has 0 amide bonds. The number of carboxylic acids is 1. The second kappa shape index (κ2) is 3.27. The van der Waals surface area contributed by atoms with Gasteiger partial charge in [0.2, 0.25) is 0 Å². The number of carboxylic acid groups (broad SMARTS) is 1. The Kier molecular flexibility index (Phi) is 2.15. The van der Waals surface area contributed by atoms with E-state index < -0.39 is 11.5 Å². The molecule has 4 heteroatoms. The van der Waals surface area contributed by atoms with Gasteiger partial charge < -0.3 is 15.5 Å². The molecule has 3 N–H and O–H groups in total. The second-order valence-corrected chi connectivity index (χ2v) is 4.16. The van der Waals surface area contributed by atoms with E-state index in [2.05, 4.69) is 5.32 Å². The van der Waals surface area contributed by atoms with Crippen molar-refractivity contribution >= 4 is 17.2 Å². The average molecular weight is 219 g/mol. The van der Waals surface area contributed by atoms with Crippen molar-refractivity contribution in [3.8, 4) is 5.75 Å². The number of benzene rings is 1. The van der Waals surface area contributed by atoms with Crippen molar-refractivity contribution in [2.75, 3.05) is 5.32 Å². The monoisotopic (exact) mass is 219 g/mol. The van der Waals surface area contributed by atoms with Crippen LogP contribution in [0.1, 0.15) is 19.4 Å². The molecule has 84 valence electrons. The molecule has 1 atom stereocenters. The van der Waals surface area contributed by atoms with Crippen LogP contribution in [-0.2, 0) is 4.79 Å². The number of allylic oxidation sites excluding steroid dienone is 1. The van der Waals surface area contributed by atoms with E-state index in [4.69, 9.17) is 5.11 Å². The lowest BCUT2D eigenvalue weighted by molar-refractivity contribution is -0.140. The number of anilines is 1. The van der Waals surface area contributed by atoms with Crippen LogP contribution in [0.2, 0.25) is 0 Å². The summed E-state index contributed by atoms with van der Waals surface area (Å²) < 4.78 is 0. The van der Waals surface area contributed by atoms with Crippen molar-refractivity contribution in [1.82, 2.24) is 0 Å². The third kappa shape index (κ3) is 1.43. The summed E-state index contributed by atoms with van der Waals surface area (Å²) in [4.78, 5) is 11.2. The Bertz CT molecular complexity index is 493. The normalized spacial score (nSPS) is 23.0. The molecule has 1 unspecified atom stereocenters. The molecule has 4 nitrogen and oxygen atoms in total. The number of carbonyl (C=O) groups is 1. The second-order valence-electron chi connectivity index (χ2n) is 4.16. The van der Waals surface area contributed by atoms with E-state index in [9.17, 15) is 9.90 Å². The first-order chi connectivity index (χ1) is 7.44. The molecule has 16 heavy (non-hydrogen) atoms. The number of aliphatic carboxylic acids is 1. The third-order valence-corrected chi connectivity index (χ3v) is 2.80. The number of hydrogen-bond donors (Lipinski definition) is 3. The quantitative estimate of drug-likeness (QED) is 0.632. The summed E-state index contributed by atoms with van der Waals surface area (Å²) in [7, 11) is 0. The van der Waals surface area contributed by atoms with Gasteiger partial charge >= 0.3 is 5.97 Å². The number of aromatic hydroxyl groups is 1. The van der Waals surface area contributed by atoms with Gasteiger partial charge in [0.05, 0.1) is 5.69 Å². The molecule has 1 heterocycles. The van der Waals surface area contributed by atoms with Crippen molar-refractivity contribution in [3.63, 3.8) is 0 Å². The molecule has 0 saturated heterocycles. The fraction of sp³-hybridized carbons (Fsp3) is 0.250. The van der Waals surface area contributed by atoms with Gasteiger partial charge in [0, 0.05) is 5.56 Å². The maximum Gasteiger partial charge on any atom is 0.333 e. The minimum Gasteiger partial charge on any atom is -0.506 e. The number of rotatable bonds is 1. The first-order valence-corrected chi connectivity index (χ1v) is 4.97. The highest BCUT2D eigenvalue weighted by molar-refractivity contribution is 5.94. The molecule has 0 bridgehead atoms. The zero-order valence-electron chi connectivity index (χ0n) is 9.11. The summed E-state index contributed by atoms with van der Waals surface area (Å²) in [6.45, 7) is 3.40. The van der Waals surface area contributed by atoms with E-state index in [1.165, 1.54) is 6.07 Å². The highest BCUT2D eigenvalue weighted by Crippen LogP contribution is 2.39. The maximum atomic E-state index is 11.2. The van der Waals surface area contributed by atoms with Gasteiger partial charge in [-0.3, -0.25) is 0 Å². The predicted molar refractivity (Wildman–Crippen MR) is 61.4 cm³/mol. The Morgan fingerprint density at radius 3 is 2.75 bits per heavy atom. The van der Waals surface area contributed by atoms with Crippen LogP contribution in [0, 0.1) is 0 Å². The molecular formula is C12H13NO3. The topological polar surface area (TPSA) is 69.6 Å². The highest BCUT2D eigenvalue weighted by Gasteiger charge is 2.35. The highest BCUT2D eigenvalue weighted by atomic mass is 16.4. The molecule has 1 aliphatic rings. The lowest BCUT2D eigenvalue weighted by Crippen LogP contribution is -2.43. The summed E-state index contributed by atoms with van der Waals surface area (Å²) in [6, 6.07) is 5.11. The van der Waals surface area contributed by atoms with Crippen LogP contribution in [0.3, 0.4) is 0 Å². The first-order valence-electron chi connectivity index (χ1n) is 4.97. The smallest absolute Gasteiger partial charge is 0.333 e. The predicted octanol–water partition coefficient (Wildman–Crippen LogP) is 2.06. The molecule has 1 aliphatic heterocycles. The summed E-state index contributed by atoms with van der Waals surface area (Å²) in [5.41, 5.74) is 0.983. The molecule has 0 aromatic heterocycles. The van der Waals surface area contributed by atoms with E-state index in [0.717, 1.165) is 11.1 Å². The molecule has 1 aromatic carbocycles. The number of phenols is 1. The zero-order chi connectivity index (χ0) is 11.9. The van der Waals surface area contributed by atoms with Crippen LogP contribution in [0.15, 0.2) is 24.3 Å².